The van der Waals surface area contributed by atoms with E-state index >= 15 is 0 Å². The average Bonchev–Trinajstić information content (AvgIpc) is 3.11. The van der Waals surface area contributed by atoms with Gasteiger partial charge in [0.15, 0.2) is 0 Å². The van der Waals surface area contributed by atoms with Crippen LogP contribution in [0.25, 0.3) is 0 Å². The van der Waals surface area contributed by atoms with Crippen molar-refractivity contribution in [2.75, 3.05) is 38.2 Å². The number of rotatable bonds is 6. The van der Waals surface area contributed by atoms with E-state index in [1.54, 1.807) is 22.5 Å². The van der Waals surface area contributed by atoms with Gasteiger partial charge in [-0.3, -0.25) is 4.79 Å². The number of nitrogens with zero attached hydrogens (tertiary/aromatic N) is 1. The van der Waals surface area contributed by atoms with Crippen molar-refractivity contribution >= 4 is 21.6 Å². The van der Waals surface area contributed by atoms with Crippen LogP contribution in [0, 0.1) is 11.8 Å². The number of carbonyl (C=O) groups is 1. The monoisotopic (exact) mass is 449 g/mol. The van der Waals surface area contributed by atoms with E-state index in [1.165, 1.54) is 0 Å². The van der Waals surface area contributed by atoms with Gasteiger partial charge in [0.2, 0.25) is 15.9 Å². The molecular formula is C23H35N3O4S. The Hall–Kier alpha value is -1.64. The first-order valence-electron chi connectivity index (χ1n) is 11.6. The number of sulfonamides is 1. The van der Waals surface area contributed by atoms with Crippen LogP contribution in [-0.4, -0.2) is 57.5 Å². The van der Waals surface area contributed by atoms with E-state index in [-0.39, 0.29) is 17.9 Å². The van der Waals surface area contributed by atoms with Crippen molar-refractivity contribution in [3.63, 3.8) is 0 Å². The van der Waals surface area contributed by atoms with Gasteiger partial charge in [0.25, 0.3) is 0 Å². The second kappa shape index (κ2) is 9.46. The summed E-state index contributed by atoms with van der Waals surface area (Å²) in [7, 11) is -3.50. The van der Waals surface area contributed by atoms with Crippen LogP contribution in [0.1, 0.15) is 57.4 Å². The van der Waals surface area contributed by atoms with E-state index in [0.717, 1.165) is 56.6 Å². The summed E-state index contributed by atoms with van der Waals surface area (Å²) in [5.41, 5.74) is 1.75. The largest absolute Gasteiger partial charge is 0.381 e. The van der Waals surface area contributed by atoms with Crippen LogP contribution in [0.4, 0.5) is 5.69 Å². The van der Waals surface area contributed by atoms with E-state index < -0.39 is 10.0 Å². The minimum absolute atomic E-state index is 0.0230. The average molecular weight is 450 g/mol. The molecule has 3 aliphatic heterocycles. The van der Waals surface area contributed by atoms with Crippen molar-refractivity contribution in [1.29, 1.82) is 0 Å². The van der Waals surface area contributed by atoms with E-state index in [0.29, 0.717) is 36.4 Å². The lowest BCUT2D eigenvalue weighted by Gasteiger charge is -2.29. The topological polar surface area (TPSA) is 87.7 Å². The molecule has 7 nitrogen and oxygen atoms in total. The highest BCUT2D eigenvalue weighted by molar-refractivity contribution is 7.89. The molecule has 31 heavy (non-hydrogen) atoms. The summed E-state index contributed by atoms with van der Waals surface area (Å²) in [6.45, 7) is 7.60. The van der Waals surface area contributed by atoms with Crippen LogP contribution < -0.4 is 10.6 Å². The number of carbonyl (C=O) groups excluding carboxylic acids is 1. The van der Waals surface area contributed by atoms with Crippen molar-refractivity contribution < 1.29 is 17.9 Å². The van der Waals surface area contributed by atoms with E-state index in [2.05, 4.69) is 17.6 Å². The molecule has 4 rings (SSSR count). The van der Waals surface area contributed by atoms with Crippen LogP contribution in [-0.2, 0) is 19.6 Å². The summed E-state index contributed by atoms with van der Waals surface area (Å²) in [5.74, 6) is 1.08. The fourth-order valence-electron chi connectivity index (χ4n) is 4.89. The first-order valence-corrected chi connectivity index (χ1v) is 13.1. The molecule has 2 atom stereocenters. The van der Waals surface area contributed by atoms with Crippen LogP contribution in [0.5, 0.6) is 0 Å². The number of anilines is 1. The van der Waals surface area contributed by atoms with Gasteiger partial charge < -0.3 is 15.4 Å². The summed E-state index contributed by atoms with van der Waals surface area (Å²) in [6, 6.07) is 4.85. The van der Waals surface area contributed by atoms with Crippen molar-refractivity contribution in [3.8, 4) is 0 Å². The van der Waals surface area contributed by atoms with Gasteiger partial charge in [-0.1, -0.05) is 13.8 Å². The molecule has 3 aliphatic rings. The molecule has 2 saturated heterocycles. The highest BCUT2D eigenvalue weighted by atomic mass is 32.2. The van der Waals surface area contributed by atoms with Crippen molar-refractivity contribution in [1.82, 2.24) is 9.62 Å². The second-order valence-corrected chi connectivity index (χ2v) is 11.3. The summed E-state index contributed by atoms with van der Waals surface area (Å²) < 4.78 is 33.2. The van der Waals surface area contributed by atoms with E-state index in [9.17, 15) is 13.2 Å². The minimum atomic E-state index is -3.50. The Kier molecular flexibility index (Phi) is 6.89. The Morgan fingerprint density at radius 2 is 1.87 bits per heavy atom. The van der Waals surface area contributed by atoms with Crippen LogP contribution in [0.15, 0.2) is 23.1 Å². The Morgan fingerprint density at radius 3 is 2.58 bits per heavy atom. The lowest BCUT2D eigenvalue weighted by Crippen LogP contribution is -2.40. The number of hydrogen-bond donors (Lipinski definition) is 2. The third kappa shape index (κ3) is 4.91. The molecule has 8 heteroatoms. The number of fused-ring (bicyclic) bond motifs is 1. The number of piperidine rings is 1. The predicted molar refractivity (Wildman–Crippen MR) is 121 cm³/mol. The van der Waals surface area contributed by atoms with Gasteiger partial charge in [0, 0.05) is 44.5 Å². The second-order valence-electron chi connectivity index (χ2n) is 9.38. The minimum Gasteiger partial charge on any atom is -0.381 e. The lowest BCUT2D eigenvalue weighted by atomic mass is 9.95. The van der Waals surface area contributed by atoms with Gasteiger partial charge in [-0.25, -0.2) is 8.42 Å². The van der Waals surface area contributed by atoms with Gasteiger partial charge in [-0.2, -0.15) is 4.31 Å². The molecule has 2 fully saturated rings. The Labute approximate surface area is 186 Å². The molecule has 0 saturated carbocycles. The molecule has 172 valence electrons. The fraction of sp³-hybridized carbons (Fsp3) is 0.696. The zero-order valence-corrected chi connectivity index (χ0v) is 19.4. The summed E-state index contributed by atoms with van der Waals surface area (Å²) in [4.78, 5) is 13.1. The number of benzene rings is 1. The summed E-state index contributed by atoms with van der Waals surface area (Å²) in [6.07, 6.45) is 4.90. The van der Waals surface area contributed by atoms with Crippen molar-refractivity contribution in [2.24, 2.45) is 11.8 Å². The molecule has 0 spiro atoms. The molecule has 2 N–H and O–H groups in total. The molecule has 1 aromatic carbocycles. The van der Waals surface area contributed by atoms with Gasteiger partial charge >= 0.3 is 0 Å². The standard InChI is InChI=1S/C23H35N3O4S/c1-16-6-11-26(12-7-16)31(28,29)19-3-4-21-20(15-19)17(2)22(25-21)23(27)24-10-5-18-8-13-30-14-9-18/h3-4,15-18,22,25H,5-14H2,1-2H3,(H,24,27). The Bertz CT molecular complexity index is 890. The third-order valence-corrected chi connectivity index (χ3v) is 9.07. The third-order valence-electron chi connectivity index (χ3n) is 7.18. The van der Waals surface area contributed by atoms with Gasteiger partial charge in [0.1, 0.15) is 6.04 Å². The Morgan fingerprint density at radius 1 is 1.16 bits per heavy atom. The molecule has 0 aliphatic carbocycles. The number of amides is 1. The zero-order valence-electron chi connectivity index (χ0n) is 18.6. The summed E-state index contributed by atoms with van der Waals surface area (Å²) >= 11 is 0. The maximum atomic E-state index is 13.1. The normalized spacial score (nSPS) is 25.7. The lowest BCUT2D eigenvalue weighted by molar-refractivity contribution is -0.122. The van der Waals surface area contributed by atoms with E-state index in [4.69, 9.17) is 4.74 Å². The van der Waals surface area contributed by atoms with Crippen molar-refractivity contribution in [2.45, 2.75) is 62.8 Å². The summed E-state index contributed by atoms with van der Waals surface area (Å²) in [5, 5.41) is 6.37. The Balaban J connectivity index is 1.38. The number of hydrogen-bond acceptors (Lipinski definition) is 5. The first-order chi connectivity index (χ1) is 14.9. The zero-order chi connectivity index (χ0) is 22.0. The molecule has 1 aromatic rings. The van der Waals surface area contributed by atoms with Gasteiger partial charge in [-0.15, -0.1) is 0 Å². The number of nitrogens with one attached hydrogen (secondary N) is 2. The van der Waals surface area contributed by atoms with Crippen LogP contribution >= 0.6 is 0 Å². The molecule has 0 bridgehead atoms. The molecule has 1 amide bonds. The molecular weight excluding hydrogens is 414 g/mol. The van der Waals surface area contributed by atoms with Gasteiger partial charge in [0.05, 0.1) is 4.90 Å². The number of ether oxygens (including phenoxy) is 1. The van der Waals surface area contributed by atoms with Crippen molar-refractivity contribution in [3.05, 3.63) is 23.8 Å². The molecule has 3 heterocycles. The van der Waals surface area contributed by atoms with Gasteiger partial charge in [-0.05, 0) is 67.7 Å². The van der Waals surface area contributed by atoms with Crippen LogP contribution in [0.2, 0.25) is 0 Å². The maximum Gasteiger partial charge on any atom is 0.243 e. The predicted octanol–water partition coefficient (Wildman–Crippen LogP) is 2.94. The van der Waals surface area contributed by atoms with E-state index in [1.807, 2.05) is 6.92 Å². The maximum absolute atomic E-state index is 13.1. The highest BCUT2D eigenvalue weighted by Gasteiger charge is 2.36. The molecule has 0 aromatic heterocycles. The smallest absolute Gasteiger partial charge is 0.243 e. The fourth-order valence-corrected chi connectivity index (χ4v) is 6.40. The highest BCUT2D eigenvalue weighted by Crippen LogP contribution is 2.38. The SMILES string of the molecule is CC1CCN(S(=O)(=O)c2ccc3c(c2)C(C)C(C(=O)NCCC2CCOCC2)N3)CC1. The molecule has 0 radical (unpaired) electrons. The quantitative estimate of drug-likeness (QED) is 0.697. The molecule has 2 unspecified atom stereocenters. The van der Waals surface area contributed by atoms with Crippen LogP contribution in [0.3, 0.4) is 0 Å². The first kappa shape index (κ1) is 22.6.